The van der Waals surface area contributed by atoms with E-state index in [-0.39, 0.29) is 11.0 Å². The molecule has 30 heavy (non-hydrogen) atoms. The molecule has 0 atom stereocenters. The van der Waals surface area contributed by atoms with Crippen molar-refractivity contribution >= 4 is 11.4 Å². The van der Waals surface area contributed by atoms with Gasteiger partial charge in [-0.15, -0.1) is 0 Å². The summed E-state index contributed by atoms with van der Waals surface area (Å²) >= 11 is 0. The van der Waals surface area contributed by atoms with Crippen molar-refractivity contribution in [3.05, 3.63) is 53.1 Å². The molecule has 0 amide bonds. The lowest BCUT2D eigenvalue weighted by Crippen LogP contribution is -2.42. The van der Waals surface area contributed by atoms with Crippen LogP contribution in [-0.2, 0) is 16.7 Å². The van der Waals surface area contributed by atoms with Crippen LogP contribution in [0.2, 0.25) is 0 Å². The van der Waals surface area contributed by atoms with Gasteiger partial charge < -0.3 is 20.1 Å². The van der Waals surface area contributed by atoms with E-state index in [2.05, 4.69) is 65.8 Å². The maximum Gasteiger partial charge on any atom is 0.121 e. The summed E-state index contributed by atoms with van der Waals surface area (Å²) in [5.74, 6) is 0.902. The van der Waals surface area contributed by atoms with E-state index in [1.54, 1.807) is 7.11 Å². The van der Waals surface area contributed by atoms with Gasteiger partial charge in [-0.25, -0.2) is 0 Å². The van der Waals surface area contributed by atoms with Crippen molar-refractivity contribution in [2.75, 3.05) is 45.2 Å². The summed E-state index contributed by atoms with van der Waals surface area (Å²) in [6.07, 6.45) is 2.17. The molecule has 2 aliphatic heterocycles. The first kappa shape index (κ1) is 19.9. The molecule has 0 bridgehead atoms. The van der Waals surface area contributed by atoms with E-state index in [0.29, 0.717) is 6.61 Å². The van der Waals surface area contributed by atoms with Gasteiger partial charge in [-0.1, -0.05) is 32.0 Å². The standard InChI is InChI=1S/C25H33N3O2/c1-24(2)20-6-5-19(30-17-25(29-3)8-9-25)15-23(20)27-22-7-4-18(14-21(22)24)16-28-12-10-26-11-13-28/h4-7,14-15,26-27H,8-13,16-17H2,1-3H3. The number of nitrogens with one attached hydrogen (secondary N) is 2. The number of rotatable bonds is 6. The summed E-state index contributed by atoms with van der Waals surface area (Å²) in [6, 6.07) is 13.4. The third kappa shape index (κ3) is 3.70. The third-order valence-corrected chi connectivity index (χ3v) is 7.05. The highest BCUT2D eigenvalue weighted by atomic mass is 16.5. The van der Waals surface area contributed by atoms with Crippen LogP contribution in [0.1, 0.15) is 43.4 Å². The number of hydrogen-bond acceptors (Lipinski definition) is 5. The second kappa shape index (κ2) is 7.56. The Morgan fingerprint density at radius 3 is 2.50 bits per heavy atom. The predicted molar refractivity (Wildman–Crippen MR) is 121 cm³/mol. The van der Waals surface area contributed by atoms with Crippen LogP contribution in [0.5, 0.6) is 5.75 Å². The van der Waals surface area contributed by atoms with Gasteiger partial charge in [0.25, 0.3) is 0 Å². The second-order valence-corrected chi connectivity index (χ2v) is 9.54. The zero-order valence-electron chi connectivity index (χ0n) is 18.4. The molecule has 2 fully saturated rings. The molecule has 2 aromatic carbocycles. The molecular formula is C25H33N3O2. The fraction of sp³-hybridized carbons (Fsp3) is 0.520. The Morgan fingerprint density at radius 1 is 0.967 bits per heavy atom. The first-order chi connectivity index (χ1) is 14.5. The summed E-state index contributed by atoms with van der Waals surface area (Å²) in [5, 5.41) is 7.09. The average molecular weight is 408 g/mol. The quantitative estimate of drug-likeness (QED) is 0.757. The Morgan fingerprint density at radius 2 is 1.77 bits per heavy atom. The molecule has 1 saturated carbocycles. The van der Waals surface area contributed by atoms with Gasteiger partial charge in [0.1, 0.15) is 18.0 Å². The maximum absolute atomic E-state index is 6.07. The van der Waals surface area contributed by atoms with Gasteiger partial charge in [0, 0.05) is 62.7 Å². The molecule has 5 nitrogen and oxygen atoms in total. The Labute approximate surface area is 179 Å². The largest absolute Gasteiger partial charge is 0.491 e. The molecule has 0 unspecified atom stereocenters. The Balaban J connectivity index is 1.36. The number of methoxy groups -OCH3 is 1. The minimum atomic E-state index is -0.0595. The van der Waals surface area contributed by atoms with Crippen LogP contribution in [0.15, 0.2) is 36.4 Å². The number of hydrogen-bond donors (Lipinski definition) is 2. The van der Waals surface area contributed by atoms with Crippen LogP contribution in [-0.4, -0.2) is 50.4 Å². The summed E-state index contributed by atoms with van der Waals surface area (Å²) < 4.78 is 11.7. The summed E-state index contributed by atoms with van der Waals surface area (Å²) in [7, 11) is 1.78. The lowest BCUT2D eigenvalue weighted by atomic mass is 9.74. The van der Waals surface area contributed by atoms with Gasteiger partial charge in [0.05, 0.1) is 0 Å². The van der Waals surface area contributed by atoms with Crippen molar-refractivity contribution in [2.24, 2.45) is 0 Å². The van der Waals surface area contributed by atoms with Gasteiger partial charge in [-0.05, 0) is 41.7 Å². The highest BCUT2D eigenvalue weighted by Crippen LogP contribution is 2.47. The molecule has 3 aliphatic rings. The van der Waals surface area contributed by atoms with E-state index in [1.165, 1.54) is 22.4 Å². The number of benzene rings is 2. The fourth-order valence-electron chi connectivity index (χ4n) is 4.76. The van der Waals surface area contributed by atoms with E-state index < -0.39 is 0 Å². The molecule has 1 aliphatic carbocycles. The normalized spacial score (nSPS) is 21.3. The van der Waals surface area contributed by atoms with Crippen molar-refractivity contribution in [3.63, 3.8) is 0 Å². The number of fused-ring (bicyclic) bond motifs is 2. The molecule has 0 spiro atoms. The van der Waals surface area contributed by atoms with Crippen LogP contribution in [0.25, 0.3) is 0 Å². The van der Waals surface area contributed by atoms with Crippen LogP contribution < -0.4 is 15.4 Å². The van der Waals surface area contributed by atoms with Crippen molar-refractivity contribution in [1.29, 1.82) is 0 Å². The highest BCUT2D eigenvalue weighted by Gasteiger charge is 2.44. The van der Waals surface area contributed by atoms with E-state index in [4.69, 9.17) is 9.47 Å². The van der Waals surface area contributed by atoms with Gasteiger partial charge in [-0.2, -0.15) is 0 Å². The van der Waals surface area contributed by atoms with Gasteiger partial charge in [0.2, 0.25) is 0 Å². The number of ether oxygens (including phenoxy) is 2. The van der Waals surface area contributed by atoms with E-state index in [9.17, 15) is 0 Å². The first-order valence-electron chi connectivity index (χ1n) is 11.2. The molecule has 160 valence electrons. The summed E-state index contributed by atoms with van der Waals surface area (Å²) in [4.78, 5) is 2.53. The summed E-state index contributed by atoms with van der Waals surface area (Å²) in [6.45, 7) is 10.7. The Bertz CT molecular complexity index is 930. The smallest absolute Gasteiger partial charge is 0.121 e. The van der Waals surface area contributed by atoms with Crippen LogP contribution in [0.4, 0.5) is 11.4 Å². The molecule has 2 N–H and O–H groups in total. The minimum absolute atomic E-state index is 0.0574. The van der Waals surface area contributed by atoms with E-state index >= 15 is 0 Å². The summed E-state index contributed by atoms with van der Waals surface area (Å²) in [5.41, 5.74) is 6.30. The fourth-order valence-corrected chi connectivity index (χ4v) is 4.76. The zero-order chi connectivity index (χ0) is 20.8. The monoisotopic (exact) mass is 407 g/mol. The lowest BCUT2D eigenvalue weighted by Gasteiger charge is -2.36. The van der Waals surface area contributed by atoms with Gasteiger partial charge in [-0.3, -0.25) is 4.90 Å². The lowest BCUT2D eigenvalue weighted by molar-refractivity contribution is 0.0370. The van der Waals surface area contributed by atoms with Gasteiger partial charge >= 0.3 is 0 Å². The predicted octanol–water partition coefficient (Wildman–Crippen LogP) is 4.03. The first-order valence-corrected chi connectivity index (χ1v) is 11.2. The van der Waals surface area contributed by atoms with Crippen molar-refractivity contribution in [2.45, 2.75) is 44.2 Å². The molecular weight excluding hydrogens is 374 g/mol. The number of anilines is 2. The average Bonchev–Trinajstić information content (AvgIpc) is 3.54. The maximum atomic E-state index is 6.07. The van der Waals surface area contributed by atoms with E-state index in [0.717, 1.165) is 57.0 Å². The van der Waals surface area contributed by atoms with Crippen LogP contribution in [0, 0.1) is 0 Å². The minimum Gasteiger partial charge on any atom is -0.491 e. The van der Waals surface area contributed by atoms with Crippen LogP contribution in [0.3, 0.4) is 0 Å². The zero-order valence-corrected chi connectivity index (χ0v) is 18.4. The Kier molecular flexibility index (Phi) is 5.00. The van der Waals surface area contributed by atoms with Gasteiger partial charge in [0.15, 0.2) is 0 Å². The molecule has 1 saturated heterocycles. The topological polar surface area (TPSA) is 45.8 Å². The molecule has 2 aromatic rings. The number of piperazine rings is 1. The van der Waals surface area contributed by atoms with E-state index in [1.807, 2.05) is 0 Å². The van der Waals surface area contributed by atoms with Crippen molar-refractivity contribution in [3.8, 4) is 5.75 Å². The molecule has 0 aromatic heterocycles. The molecule has 5 rings (SSSR count). The SMILES string of the molecule is COC1(COc2ccc3c(c2)Nc2ccc(CN4CCNCC4)cc2C3(C)C)CC1. The van der Waals surface area contributed by atoms with Crippen molar-refractivity contribution in [1.82, 2.24) is 10.2 Å². The molecule has 5 heteroatoms. The number of nitrogens with zero attached hydrogens (tertiary/aromatic N) is 1. The van der Waals surface area contributed by atoms with Crippen LogP contribution >= 0.6 is 0 Å². The second-order valence-electron chi connectivity index (χ2n) is 9.54. The molecule has 2 heterocycles. The van der Waals surface area contributed by atoms with Crippen molar-refractivity contribution < 1.29 is 9.47 Å². The molecule has 0 radical (unpaired) electrons. The highest BCUT2D eigenvalue weighted by molar-refractivity contribution is 5.76. The Hall–Kier alpha value is -2.08. The third-order valence-electron chi connectivity index (χ3n) is 7.05.